The fourth-order valence-electron chi connectivity index (χ4n) is 1.90. The molecule has 0 aliphatic carbocycles. The molecule has 4 nitrogen and oxygen atoms in total. The van der Waals surface area contributed by atoms with Gasteiger partial charge in [0.25, 0.3) is 5.91 Å². The highest BCUT2D eigenvalue weighted by molar-refractivity contribution is 9.10. The number of anilines is 1. The van der Waals surface area contributed by atoms with Gasteiger partial charge >= 0.3 is 0 Å². The third-order valence-electron chi connectivity index (χ3n) is 2.95. The molecule has 1 amide bonds. The Morgan fingerprint density at radius 3 is 2.86 bits per heavy atom. The molecule has 0 aromatic heterocycles. The number of rotatable bonds is 4. The zero-order valence-corrected chi connectivity index (χ0v) is 12.9. The number of methoxy groups -OCH3 is 1. The molecule has 0 heterocycles. The van der Waals surface area contributed by atoms with Gasteiger partial charge < -0.3 is 15.8 Å². The van der Waals surface area contributed by atoms with E-state index in [1.807, 2.05) is 0 Å². The summed E-state index contributed by atoms with van der Waals surface area (Å²) in [4.78, 5) is 12.2. The lowest BCUT2D eigenvalue weighted by Gasteiger charge is -2.12. The first-order valence-corrected chi connectivity index (χ1v) is 6.97. The Kier molecular flexibility index (Phi) is 4.80. The van der Waals surface area contributed by atoms with E-state index in [2.05, 4.69) is 21.2 Å². The summed E-state index contributed by atoms with van der Waals surface area (Å²) in [5.41, 5.74) is 6.73. The van der Waals surface area contributed by atoms with Gasteiger partial charge in [0.15, 0.2) is 0 Å². The molecule has 2 aromatic carbocycles. The van der Waals surface area contributed by atoms with Crippen LogP contribution in [0, 0.1) is 5.82 Å². The van der Waals surface area contributed by atoms with Gasteiger partial charge in [0, 0.05) is 22.3 Å². The third-order valence-corrected chi connectivity index (χ3v) is 3.45. The van der Waals surface area contributed by atoms with Crippen molar-refractivity contribution < 1.29 is 13.9 Å². The van der Waals surface area contributed by atoms with E-state index in [0.717, 1.165) is 4.47 Å². The van der Waals surface area contributed by atoms with Gasteiger partial charge in [0.2, 0.25) is 0 Å². The summed E-state index contributed by atoms with van der Waals surface area (Å²) in [6.45, 7) is 0.0571. The van der Waals surface area contributed by atoms with Crippen LogP contribution in [0.25, 0.3) is 0 Å². The Bertz CT molecular complexity index is 677. The van der Waals surface area contributed by atoms with Gasteiger partial charge in [-0.05, 0) is 30.3 Å². The second kappa shape index (κ2) is 6.58. The Balaban J connectivity index is 2.17. The lowest BCUT2D eigenvalue weighted by Crippen LogP contribution is -2.25. The van der Waals surface area contributed by atoms with Crippen LogP contribution in [-0.4, -0.2) is 13.0 Å². The number of amides is 1. The Labute approximate surface area is 130 Å². The van der Waals surface area contributed by atoms with Crippen molar-refractivity contribution in [1.29, 1.82) is 0 Å². The first kappa shape index (κ1) is 15.3. The fraction of sp³-hybridized carbons (Fsp3) is 0.133. The Morgan fingerprint density at radius 2 is 2.14 bits per heavy atom. The van der Waals surface area contributed by atoms with E-state index in [0.29, 0.717) is 17.0 Å². The molecule has 0 spiro atoms. The predicted octanol–water partition coefficient (Wildman–Crippen LogP) is 3.11. The van der Waals surface area contributed by atoms with E-state index < -0.39 is 5.91 Å². The molecule has 0 saturated carbocycles. The number of nitrogens with two attached hydrogens (primary N) is 1. The summed E-state index contributed by atoms with van der Waals surface area (Å²) in [6, 6.07) is 9.49. The molecule has 3 N–H and O–H groups in total. The zero-order chi connectivity index (χ0) is 15.4. The monoisotopic (exact) mass is 352 g/mol. The number of benzene rings is 2. The Morgan fingerprint density at radius 1 is 1.38 bits per heavy atom. The molecule has 21 heavy (non-hydrogen) atoms. The second-order valence-corrected chi connectivity index (χ2v) is 5.26. The van der Waals surface area contributed by atoms with E-state index in [4.69, 9.17) is 10.5 Å². The molecule has 0 saturated heterocycles. The fourth-order valence-corrected chi connectivity index (χ4v) is 2.31. The van der Waals surface area contributed by atoms with Crippen molar-refractivity contribution in [3.8, 4) is 5.75 Å². The normalized spacial score (nSPS) is 10.2. The number of nitrogens with one attached hydrogen (secondary N) is 1. The van der Waals surface area contributed by atoms with E-state index in [9.17, 15) is 9.18 Å². The highest BCUT2D eigenvalue weighted by atomic mass is 79.9. The molecule has 0 unspecified atom stereocenters. The maximum absolute atomic E-state index is 13.6. The molecule has 0 atom stereocenters. The largest absolute Gasteiger partial charge is 0.496 e. The van der Waals surface area contributed by atoms with Crippen LogP contribution in [0.3, 0.4) is 0 Å². The first-order chi connectivity index (χ1) is 10.0. The second-order valence-electron chi connectivity index (χ2n) is 4.34. The van der Waals surface area contributed by atoms with Gasteiger partial charge in [0.1, 0.15) is 17.1 Å². The summed E-state index contributed by atoms with van der Waals surface area (Å²) in [5, 5.41) is 2.64. The van der Waals surface area contributed by atoms with Crippen molar-refractivity contribution in [2.75, 3.05) is 12.8 Å². The lowest BCUT2D eigenvalue weighted by molar-refractivity contribution is 0.0948. The van der Waals surface area contributed by atoms with Crippen LogP contribution in [-0.2, 0) is 6.54 Å². The number of nitrogen functional groups attached to an aromatic ring is 1. The van der Waals surface area contributed by atoms with Crippen LogP contribution < -0.4 is 15.8 Å². The molecule has 6 heteroatoms. The maximum Gasteiger partial charge on any atom is 0.257 e. The van der Waals surface area contributed by atoms with Crippen molar-refractivity contribution in [3.05, 3.63) is 57.8 Å². The van der Waals surface area contributed by atoms with E-state index in [1.54, 1.807) is 30.3 Å². The van der Waals surface area contributed by atoms with E-state index >= 15 is 0 Å². The predicted molar refractivity (Wildman–Crippen MR) is 82.7 cm³/mol. The number of hydrogen-bond acceptors (Lipinski definition) is 3. The molecule has 110 valence electrons. The summed E-state index contributed by atoms with van der Waals surface area (Å²) < 4.78 is 19.5. The van der Waals surface area contributed by atoms with Crippen molar-refractivity contribution in [3.63, 3.8) is 0 Å². The quantitative estimate of drug-likeness (QED) is 0.831. The first-order valence-electron chi connectivity index (χ1n) is 6.17. The van der Waals surface area contributed by atoms with E-state index in [1.165, 1.54) is 13.2 Å². The average molecular weight is 353 g/mol. The number of halogens is 2. The van der Waals surface area contributed by atoms with Crippen LogP contribution in [0.15, 0.2) is 40.9 Å². The minimum absolute atomic E-state index is 0.0571. The number of carbonyl (C=O) groups excluding carboxylic acids is 1. The van der Waals surface area contributed by atoms with Crippen molar-refractivity contribution in [1.82, 2.24) is 5.32 Å². The summed E-state index contributed by atoms with van der Waals surface area (Å²) in [6.07, 6.45) is 0. The van der Waals surface area contributed by atoms with Crippen molar-refractivity contribution in [2.45, 2.75) is 6.54 Å². The SMILES string of the molecule is COc1cccc(N)c1C(=O)NCc1cc(Br)ccc1F. The van der Waals surface area contributed by atoms with Gasteiger partial charge in [-0.2, -0.15) is 0 Å². The number of ether oxygens (including phenoxy) is 1. The van der Waals surface area contributed by atoms with Gasteiger partial charge in [-0.25, -0.2) is 4.39 Å². The zero-order valence-electron chi connectivity index (χ0n) is 11.3. The van der Waals surface area contributed by atoms with Crippen molar-refractivity contribution >= 4 is 27.5 Å². The van der Waals surface area contributed by atoms with Crippen LogP contribution in [0.2, 0.25) is 0 Å². The van der Waals surface area contributed by atoms with Crippen LogP contribution in [0.1, 0.15) is 15.9 Å². The minimum Gasteiger partial charge on any atom is -0.496 e. The summed E-state index contributed by atoms with van der Waals surface area (Å²) >= 11 is 3.26. The topological polar surface area (TPSA) is 64.3 Å². The number of hydrogen-bond donors (Lipinski definition) is 2. The molecular weight excluding hydrogens is 339 g/mol. The lowest BCUT2D eigenvalue weighted by atomic mass is 10.1. The molecule has 0 aliphatic heterocycles. The van der Waals surface area contributed by atoms with Gasteiger partial charge in [-0.3, -0.25) is 4.79 Å². The molecule has 0 fully saturated rings. The molecule has 2 aromatic rings. The summed E-state index contributed by atoms with van der Waals surface area (Å²) in [7, 11) is 1.46. The molecule has 2 rings (SSSR count). The van der Waals surface area contributed by atoms with Gasteiger partial charge in [-0.15, -0.1) is 0 Å². The highest BCUT2D eigenvalue weighted by Gasteiger charge is 2.16. The summed E-state index contributed by atoms with van der Waals surface area (Å²) in [5.74, 6) is -0.418. The standard InChI is InChI=1S/C15H14BrFN2O2/c1-21-13-4-2-3-12(18)14(13)15(20)19-8-9-7-10(16)5-6-11(9)17/h2-7H,8,18H2,1H3,(H,19,20). The molecule has 0 bridgehead atoms. The van der Waals surface area contributed by atoms with Crippen molar-refractivity contribution in [2.24, 2.45) is 0 Å². The highest BCUT2D eigenvalue weighted by Crippen LogP contribution is 2.24. The number of carbonyl (C=O) groups is 1. The van der Waals surface area contributed by atoms with Gasteiger partial charge in [0.05, 0.1) is 7.11 Å². The minimum atomic E-state index is -0.413. The van der Waals surface area contributed by atoms with Crippen LogP contribution >= 0.6 is 15.9 Å². The van der Waals surface area contributed by atoms with Gasteiger partial charge in [-0.1, -0.05) is 22.0 Å². The average Bonchev–Trinajstić information content (AvgIpc) is 2.47. The molecule has 0 aliphatic rings. The maximum atomic E-state index is 13.6. The Hall–Kier alpha value is -2.08. The van der Waals surface area contributed by atoms with Crippen LogP contribution in [0.5, 0.6) is 5.75 Å². The smallest absolute Gasteiger partial charge is 0.257 e. The van der Waals surface area contributed by atoms with E-state index in [-0.39, 0.29) is 17.9 Å². The molecule has 0 radical (unpaired) electrons. The van der Waals surface area contributed by atoms with Crippen LogP contribution in [0.4, 0.5) is 10.1 Å². The third kappa shape index (κ3) is 3.52. The molecular formula is C15H14BrFN2O2.